The van der Waals surface area contributed by atoms with E-state index in [0.29, 0.717) is 6.10 Å². The summed E-state index contributed by atoms with van der Waals surface area (Å²) >= 11 is 0. The molecule has 0 amide bonds. The summed E-state index contributed by atoms with van der Waals surface area (Å²) in [6.45, 7) is 7.10. The monoisotopic (exact) mass is 141 g/mol. The maximum atomic E-state index is 5.16. The molecule has 0 saturated carbocycles. The van der Waals surface area contributed by atoms with E-state index >= 15 is 0 Å². The first-order valence-electron chi connectivity index (χ1n) is 4.18. The van der Waals surface area contributed by atoms with Gasteiger partial charge in [-0.2, -0.15) is 0 Å². The van der Waals surface area contributed by atoms with E-state index in [1.807, 2.05) is 0 Å². The lowest BCUT2D eigenvalue weighted by atomic mass is 10.2. The van der Waals surface area contributed by atoms with E-state index < -0.39 is 0 Å². The molecule has 2 fully saturated rings. The van der Waals surface area contributed by atoms with Gasteiger partial charge in [0.05, 0.1) is 12.7 Å². The van der Waals surface area contributed by atoms with Crippen LogP contribution in [0.15, 0.2) is 0 Å². The van der Waals surface area contributed by atoms with Crippen molar-refractivity contribution in [3.63, 3.8) is 0 Å². The highest BCUT2D eigenvalue weighted by Gasteiger charge is 2.28. The fourth-order valence-electron chi connectivity index (χ4n) is 1.65. The van der Waals surface area contributed by atoms with Crippen LogP contribution in [0.1, 0.15) is 13.3 Å². The molecule has 2 aliphatic rings. The average molecular weight is 141 g/mol. The second kappa shape index (κ2) is 2.51. The van der Waals surface area contributed by atoms with Crippen molar-refractivity contribution < 1.29 is 4.74 Å². The van der Waals surface area contributed by atoms with Gasteiger partial charge in [0.2, 0.25) is 0 Å². The topological polar surface area (TPSA) is 15.8 Å². The second-order valence-electron chi connectivity index (χ2n) is 3.61. The van der Waals surface area contributed by atoms with E-state index in [9.17, 15) is 0 Å². The predicted molar refractivity (Wildman–Crippen MR) is 40.0 cm³/mol. The summed E-state index contributed by atoms with van der Waals surface area (Å²) in [6.07, 6.45) is 1.97. The van der Waals surface area contributed by atoms with E-state index in [4.69, 9.17) is 4.74 Å². The van der Waals surface area contributed by atoms with Crippen LogP contribution in [-0.2, 0) is 4.74 Å². The minimum Gasteiger partial charge on any atom is -0.372 e. The van der Waals surface area contributed by atoms with Gasteiger partial charge < -0.3 is 9.64 Å². The van der Waals surface area contributed by atoms with Crippen LogP contribution in [0.5, 0.6) is 0 Å². The molecule has 2 nitrogen and oxygen atoms in total. The van der Waals surface area contributed by atoms with Gasteiger partial charge in [0, 0.05) is 13.1 Å². The van der Waals surface area contributed by atoms with Crippen LogP contribution in [-0.4, -0.2) is 37.2 Å². The van der Waals surface area contributed by atoms with Gasteiger partial charge in [-0.05, 0) is 18.9 Å². The maximum Gasteiger partial charge on any atom is 0.0936 e. The first-order chi connectivity index (χ1) is 4.84. The minimum atomic E-state index is 0.588. The van der Waals surface area contributed by atoms with Crippen molar-refractivity contribution in [1.29, 1.82) is 0 Å². The summed E-state index contributed by atoms with van der Waals surface area (Å²) in [4.78, 5) is 2.52. The van der Waals surface area contributed by atoms with Gasteiger partial charge in [-0.3, -0.25) is 0 Å². The van der Waals surface area contributed by atoms with Gasteiger partial charge in [0.15, 0.2) is 0 Å². The molecule has 2 heteroatoms. The van der Waals surface area contributed by atoms with Gasteiger partial charge in [-0.25, -0.2) is 0 Å². The number of rotatable bonds is 2. The number of epoxide rings is 1. The summed E-state index contributed by atoms with van der Waals surface area (Å²) in [5.41, 5.74) is 0. The molecule has 0 aromatic heterocycles. The van der Waals surface area contributed by atoms with Crippen molar-refractivity contribution in [2.24, 2.45) is 5.92 Å². The molecule has 0 spiro atoms. The molecule has 0 bridgehead atoms. The zero-order valence-electron chi connectivity index (χ0n) is 6.55. The fourth-order valence-corrected chi connectivity index (χ4v) is 1.65. The van der Waals surface area contributed by atoms with Crippen molar-refractivity contribution in [3.8, 4) is 0 Å². The Morgan fingerprint density at radius 3 is 2.90 bits per heavy atom. The average Bonchev–Trinajstić information content (AvgIpc) is 2.59. The minimum absolute atomic E-state index is 0.588. The maximum absolute atomic E-state index is 5.16. The Kier molecular flexibility index (Phi) is 1.66. The summed E-state index contributed by atoms with van der Waals surface area (Å²) < 4.78 is 5.16. The third-order valence-corrected chi connectivity index (χ3v) is 2.37. The van der Waals surface area contributed by atoms with Crippen LogP contribution in [0, 0.1) is 5.92 Å². The molecule has 0 radical (unpaired) electrons. The Labute approximate surface area is 62.2 Å². The zero-order chi connectivity index (χ0) is 6.97. The SMILES string of the molecule is CC1CCN(CC2CO2)C1. The zero-order valence-corrected chi connectivity index (χ0v) is 6.55. The lowest BCUT2D eigenvalue weighted by Gasteiger charge is -2.12. The van der Waals surface area contributed by atoms with Crippen LogP contribution in [0.4, 0.5) is 0 Å². The molecular weight excluding hydrogens is 126 g/mol. The van der Waals surface area contributed by atoms with Crippen LogP contribution in [0.2, 0.25) is 0 Å². The highest BCUT2D eigenvalue weighted by atomic mass is 16.6. The third kappa shape index (κ3) is 1.50. The summed E-state index contributed by atoms with van der Waals surface area (Å²) in [5, 5.41) is 0. The Bertz CT molecular complexity index is 122. The van der Waals surface area contributed by atoms with Crippen molar-refractivity contribution >= 4 is 0 Å². The van der Waals surface area contributed by atoms with Crippen LogP contribution in [0.25, 0.3) is 0 Å². The molecule has 0 aromatic rings. The summed E-state index contributed by atoms with van der Waals surface area (Å²) in [7, 11) is 0. The lowest BCUT2D eigenvalue weighted by molar-refractivity contribution is 0.279. The molecule has 0 aliphatic carbocycles. The predicted octanol–water partition coefficient (Wildman–Crippen LogP) is 0.727. The molecule has 10 heavy (non-hydrogen) atoms. The van der Waals surface area contributed by atoms with E-state index in [0.717, 1.165) is 12.5 Å². The molecule has 2 rings (SSSR count). The Morgan fingerprint density at radius 1 is 1.60 bits per heavy atom. The van der Waals surface area contributed by atoms with Crippen LogP contribution in [0.3, 0.4) is 0 Å². The smallest absolute Gasteiger partial charge is 0.0936 e. The second-order valence-corrected chi connectivity index (χ2v) is 3.61. The number of hydrogen-bond donors (Lipinski definition) is 0. The highest BCUT2D eigenvalue weighted by molar-refractivity contribution is 4.79. The molecule has 2 atom stereocenters. The number of nitrogens with zero attached hydrogens (tertiary/aromatic N) is 1. The summed E-state index contributed by atoms with van der Waals surface area (Å²) in [6, 6.07) is 0. The third-order valence-electron chi connectivity index (χ3n) is 2.37. The van der Waals surface area contributed by atoms with Crippen molar-refractivity contribution in [3.05, 3.63) is 0 Å². The number of likely N-dealkylation sites (tertiary alicyclic amines) is 1. The quantitative estimate of drug-likeness (QED) is 0.527. The van der Waals surface area contributed by atoms with Crippen LogP contribution >= 0.6 is 0 Å². The standard InChI is InChI=1S/C8H15NO/c1-7-2-3-9(4-7)5-8-6-10-8/h7-8H,2-6H2,1H3. The Balaban J connectivity index is 1.72. The first-order valence-corrected chi connectivity index (χ1v) is 4.18. The van der Waals surface area contributed by atoms with Crippen LogP contribution < -0.4 is 0 Å². The van der Waals surface area contributed by atoms with E-state index in [1.165, 1.54) is 26.1 Å². The molecule has 2 saturated heterocycles. The molecule has 2 heterocycles. The fraction of sp³-hybridized carbons (Fsp3) is 1.00. The molecule has 0 N–H and O–H groups in total. The molecular formula is C8H15NO. The van der Waals surface area contributed by atoms with E-state index in [1.54, 1.807) is 0 Å². The van der Waals surface area contributed by atoms with Crippen molar-refractivity contribution in [2.75, 3.05) is 26.2 Å². The van der Waals surface area contributed by atoms with Crippen molar-refractivity contribution in [2.45, 2.75) is 19.4 Å². The van der Waals surface area contributed by atoms with Gasteiger partial charge in [0.25, 0.3) is 0 Å². The number of ether oxygens (including phenoxy) is 1. The lowest BCUT2D eigenvalue weighted by Crippen LogP contribution is -2.24. The first kappa shape index (κ1) is 6.62. The molecule has 2 unspecified atom stereocenters. The molecule has 0 aromatic carbocycles. The van der Waals surface area contributed by atoms with Gasteiger partial charge in [-0.15, -0.1) is 0 Å². The Hall–Kier alpha value is -0.0800. The van der Waals surface area contributed by atoms with Gasteiger partial charge in [-0.1, -0.05) is 6.92 Å². The van der Waals surface area contributed by atoms with E-state index in [-0.39, 0.29) is 0 Å². The Morgan fingerprint density at radius 2 is 2.40 bits per heavy atom. The van der Waals surface area contributed by atoms with E-state index in [2.05, 4.69) is 11.8 Å². The van der Waals surface area contributed by atoms with Gasteiger partial charge >= 0.3 is 0 Å². The van der Waals surface area contributed by atoms with Gasteiger partial charge in [0.1, 0.15) is 0 Å². The van der Waals surface area contributed by atoms with Crippen molar-refractivity contribution in [1.82, 2.24) is 4.90 Å². The highest BCUT2D eigenvalue weighted by Crippen LogP contribution is 2.18. The summed E-state index contributed by atoms with van der Waals surface area (Å²) in [5.74, 6) is 0.916. The normalized spacial score (nSPS) is 40.5. The number of hydrogen-bond acceptors (Lipinski definition) is 2. The molecule has 2 aliphatic heterocycles. The molecule has 58 valence electrons. The largest absolute Gasteiger partial charge is 0.372 e.